The SMILES string of the molecule is CCOc1ncnc(N(C)C(C)C(=O)O)c1C. The summed E-state index contributed by atoms with van der Waals surface area (Å²) in [5.74, 6) is 0.156. The normalized spacial score (nSPS) is 12.0. The van der Waals surface area contributed by atoms with Crippen LogP contribution in [0.5, 0.6) is 5.88 Å². The predicted octanol–water partition coefficient (Wildman–Crippen LogP) is 1.09. The van der Waals surface area contributed by atoms with Gasteiger partial charge >= 0.3 is 5.97 Å². The second kappa shape index (κ2) is 5.47. The molecule has 1 unspecified atom stereocenters. The number of aromatic nitrogens is 2. The number of ether oxygens (including phenoxy) is 1. The van der Waals surface area contributed by atoms with Crippen molar-refractivity contribution in [1.82, 2.24) is 9.97 Å². The summed E-state index contributed by atoms with van der Waals surface area (Å²) in [4.78, 5) is 20.6. The van der Waals surface area contributed by atoms with Gasteiger partial charge in [-0.1, -0.05) is 0 Å². The number of hydrogen-bond donors (Lipinski definition) is 1. The molecule has 1 N–H and O–H groups in total. The number of carbonyl (C=O) groups is 1. The maximum absolute atomic E-state index is 10.9. The Kier molecular flexibility index (Phi) is 4.25. The molecule has 0 saturated heterocycles. The lowest BCUT2D eigenvalue weighted by molar-refractivity contribution is -0.138. The molecule has 0 bridgehead atoms. The fourth-order valence-electron chi connectivity index (χ4n) is 1.41. The minimum atomic E-state index is -0.900. The van der Waals surface area contributed by atoms with Crippen LogP contribution in [0.25, 0.3) is 0 Å². The largest absolute Gasteiger partial charge is 0.480 e. The quantitative estimate of drug-likeness (QED) is 0.829. The van der Waals surface area contributed by atoms with Gasteiger partial charge in [-0.05, 0) is 20.8 Å². The van der Waals surface area contributed by atoms with E-state index in [9.17, 15) is 4.79 Å². The van der Waals surface area contributed by atoms with Crippen LogP contribution in [0.15, 0.2) is 6.33 Å². The van der Waals surface area contributed by atoms with Gasteiger partial charge in [0.1, 0.15) is 18.2 Å². The third kappa shape index (κ3) is 2.83. The number of likely N-dealkylation sites (N-methyl/N-ethyl adjacent to an activating group) is 1. The Morgan fingerprint density at radius 3 is 2.76 bits per heavy atom. The molecule has 0 aromatic carbocycles. The summed E-state index contributed by atoms with van der Waals surface area (Å²) < 4.78 is 5.34. The van der Waals surface area contributed by atoms with Gasteiger partial charge in [0.05, 0.1) is 12.2 Å². The molecule has 1 rings (SSSR count). The Morgan fingerprint density at radius 2 is 2.24 bits per heavy atom. The van der Waals surface area contributed by atoms with Gasteiger partial charge in [-0.15, -0.1) is 0 Å². The van der Waals surface area contributed by atoms with Gasteiger partial charge in [-0.25, -0.2) is 14.8 Å². The number of rotatable bonds is 5. The van der Waals surface area contributed by atoms with E-state index in [0.29, 0.717) is 18.3 Å². The van der Waals surface area contributed by atoms with Crippen LogP contribution in [0.4, 0.5) is 5.82 Å². The highest BCUT2D eigenvalue weighted by molar-refractivity contribution is 5.77. The molecule has 6 nitrogen and oxygen atoms in total. The lowest BCUT2D eigenvalue weighted by Crippen LogP contribution is -2.36. The Labute approximate surface area is 100 Å². The molecular formula is C11H17N3O3. The van der Waals surface area contributed by atoms with E-state index in [2.05, 4.69) is 9.97 Å². The second-order valence-electron chi connectivity index (χ2n) is 3.69. The third-order valence-corrected chi connectivity index (χ3v) is 2.56. The molecule has 0 saturated carbocycles. The van der Waals surface area contributed by atoms with E-state index in [1.165, 1.54) is 6.33 Å². The van der Waals surface area contributed by atoms with E-state index in [0.717, 1.165) is 5.56 Å². The summed E-state index contributed by atoms with van der Waals surface area (Å²) in [5.41, 5.74) is 0.741. The molecule has 0 radical (unpaired) electrons. The molecule has 0 aliphatic rings. The fraction of sp³-hybridized carbons (Fsp3) is 0.545. The van der Waals surface area contributed by atoms with Crippen LogP contribution in [-0.2, 0) is 4.79 Å². The Bertz CT molecular complexity index is 409. The van der Waals surface area contributed by atoms with E-state index >= 15 is 0 Å². The molecule has 0 fully saturated rings. The highest BCUT2D eigenvalue weighted by Gasteiger charge is 2.21. The summed E-state index contributed by atoms with van der Waals surface area (Å²) in [6, 6.07) is -0.655. The molecule has 0 aliphatic carbocycles. The minimum Gasteiger partial charge on any atom is -0.480 e. The average Bonchev–Trinajstić information content (AvgIpc) is 2.30. The van der Waals surface area contributed by atoms with Crippen LogP contribution in [0.3, 0.4) is 0 Å². The molecular weight excluding hydrogens is 222 g/mol. The van der Waals surface area contributed by atoms with Gasteiger partial charge < -0.3 is 14.7 Å². The lowest BCUT2D eigenvalue weighted by Gasteiger charge is -2.24. The molecule has 0 amide bonds. The van der Waals surface area contributed by atoms with E-state index in [1.54, 1.807) is 18.9 Å². The van der Waals surface area contributed by atoms with Crippen molar-refractivity contribution in [2.45, 2.75) is 26.8 Å². The maximum Gasteiger partial charge on any atom is 0.326 e. The molecule has 1 heterocycles. The summed E-state index contributed by atoms with van der Waals surface area (Å²) >= 11 is 0. The highest BCUT2D eigenvalue weighted by Crippen LogP contribution is 2.24. The fourth-order valence-corrected chi connectivity index (χ4v) is 1.41. The number of aliphatic carboxylic acids is 1. The van der Waals surface area contributed by atoms with Crippen LogP contribution in [0.2, 0.25) is 0 Å². The summed E-state index contributed by atoms with van der Waals surface area (Å²) in [6.45, 7) is 5.79. The van der Waals surface area contributed by atoms with Crippen molar-refractivity contribution in [2.24, 2.45) is 0 Å². The van der Waals surface area contributed by atoms with Gasteiger partial charge in [0.15, 0.2) is 0 Å². The smallest absolute Gasteiger partial charge is 0.326 e. The summed E-state index contributed by atoms with van der Waals surface area (Å²) in [6.07, 6.45) is 1.37. The van der Waals surface area contributed by atoms with Crippen molar-refractivity contribution in [1.29, 1.82) is 0 Å². The zero-order valence-corrected chi connectivity index (χ0v) is 10.5. The van der Waals surface area contributed by atoms with E-state index in [4.69, 9.17) is 9.84 Å². The number of carboxylic acids is 1. The van der Waals surface area contributed by atoms with Crippen molar-refractivity contribution in [3.63, 3.8) is 0 Å². The number of carboxylic acid groups (broad SMARTS) is 1. The van der Waals surface area contributed by atoms with Crippen molar-refractivity contribution >= 4 is 11.8 Å². The molecule has 0 aliphatic heterocycles. The monoisotopic (exact) mass is 239 g/mol. The van der Waals surface area contributed by atoms with Crippen molar-refractivity contribution in [3.05, 3.63) is 11.9 Å². The maximum atomic E-state index is 10.9. The van der Waals surface area contributed by atoms with Crippen LogP contribution in [-0.4, -0.2) is 40.7 Å². The topological polar surface area (TPSA) is 75.6 Å². The second-order valence-corrected chi connectivity index (χ2v) is 3.69. The molecule has 1 aromatic rings. The van der Waals surface area contributed by atoms with Crippen molar-refractivity contribution < 1.29 is 14.6 Å². The van der Waals surface area contributed by atoms with Crippen LogP contribution in [0.1, 0.15) is 19.4 Å². The Balaban J connectivity index is 3.05. The van der Waals surface area contributed by atoms with Gasteiger partial charge in [0, 0.05) is 7.05 Å². The molecule has 1 atom stereocenters. The molecule has 6 heteroatoms. The van der Waals surface area contributed by atoms with Crippen LogP contribution >= 0.6 is 0 Å². The Hall–Kier alpha value is -1.85. The zero-order chi connectivity index (χ0) is 13.0. The van der Waals surface area contributed by atoms with Crippen LogP contribution in [0, 0.1) is 6.92 Å². The zero-order valence-electron chi connectivity index (χ0n) is 10.5. The summed E-state index contributed by atoms with van der Waals surface area (Å²) in [5, 5.41) is 8.96. The third-order valence-electron chi connectivity index (χ3n) is 2.56. The van der Waals surface area contributed by atoms with E-state index in [1.807, 2.05) is 13.8 Å². The van der Waals surface area contributed by atoms with E-state index < -0.39 is 12.0 Å². The minimum absolute atomic E-state index is 0.488. The molecule has 1 aromatic heterocycles. The van der Waals surface area contributed by atoms with E-state index in [-0.39, 0.29) is 0 Å². The Morgan fingerprint density at radius 1 is 1.59 bits per heavy atom. The van der Waals surface area contributed by atoms with Crippen molar-refractivity contribution in [3.8, 4) is 5.88 Å². The summed E-state index contributed by atoms with van der Waals surface area (Å²) in [7, 11) is 1.68. The van der Waals surface area contributed by atoms with Crippen LogP contribution < -0.4 is 9.64 Å². The van der Waals surface area contributed by atoms with Gasteiger partial charge in [0.2, 0.25) is 5.88 Å². The average molecular weight is 239 g/mol. The number of nitrogens with zero attached hydrogens (tertiary/aromatic N) is 3. The molecule has 0 spiro atoms. The molecule has 94 valence electrons. The standard InChI is InChI=1S/C11H17N3O3/c1-5-17-10-7(2)9(12-6-13-10)14(4)8(3)11(15)16/h6,8H,5H2,1-4H3,(H,15,16). The predicted molar refractivity (Wildman–Crippen MR) is 63.4 cm³/mol. The van der Waals surface area contributed by atoms with Gasteiger partial charge in [0.25, 0.3) is 0 Å². The lowest BCUT2D eigenvalue weighted by atomic mass is 10.2. The van der Waals surface area contributed by atoms with Crippen molar-refractivity contribution in [2.75, 3.05) is 18.6 Å². The highest BCUT2D eigenvalue weighted by atomic mass is 16.5. The first-order valence-corrected chi connectivity index (χ1v) is 5.39. The van der Waals surface area contributed by atoms with Gasteiger partial charge in [-0.3, -0.25) is 0 Å². The first kappa shape index (κ1) is 13.2. The number of anilines is 1. The van der Waals surface area contributed by atoms with Gasteiger partial charge in [-0.2, -0.15) is 0 Å². The first-order chi connectivity index (χ1) is 7.99. The first-order valence-electron chi connectivity index (χ1n) is 5.39. The molecule has 17 heavy (non-hydrogen) atoms. The number of hydrogen-bond acceptors (Lipinski definition) is 5.